The molecule has 32 heavy (non-hydrogen) atoms. The van der Waals surface area contributed by atoms with Crippen LogP contribution in [0.5, 0.6) is 5.75 Å². The van der Waals surface area contributed by atoms with Gasteiger partial charge in [-0.25, -0.2) is 4.79 Å². The number of amides is 1. The number of carbonyl (C=O) groups excluding carboxylic acids is 1. The second kappa shape index (κ2) is 9.03. The quantitative estimate of drug-likeness (QED) is 0.586. The van der Waals surface area contributed by atoms with Gasteiger partial charge in [0.15, 0.2) is 0 Å². The SMILES string of the molecule is CC(C)OC(=O)Nc1ccc(C2C(C#N)c3ccc(OC(F)F)cc3N2CC2CC2)cc1. The molecule has 1 aliphatic carbocycles. The summed E-state index contributed by atoms with van der Waals surface area (Å²) in [5, 5.41) is 12.7. The normalized spacial score (nSPS) is 19.6. The van der Waals surface area contributed by atoms with Gasteiger partial charge in [-0.1, -0.05) is 18.2 Å². The third-order valence-electron chi connectivity index (χ3n) is 5.66. The molecule has 2 aromatic rings. The van der Waals surface area contributed by atoms with Crippen molar-refractivity contribution in [2.24, 2.45) is 5.92 Å². The van der Waals surface area contributed by atoms with Crippen molar-refractivity contribution in [2.45, 2.75) is 51.4 Å². The second-order valence-corrected chi connectivity index (χ2v) is 8.45. The minimum atomic E-state index is -2.91. The van der Waals surface area contributed by atoms with Crippen LogP contribution in [-0.4, -0.2) is 25.4 Å². The number of halogens is 2. The van der Waals surface area contributed by atoms with Crippen molar-refractivity contribution in [1.29, 1.82) is 5.26 Å². The summed E-state index contributed by atoms with van der Waals surface area (Å²) < 4.78 is 35.2. The van der Waals surface area contributed by atoms with E-state index in [1.165, 1.54) is 6.07 Å². The lowest BCUT2D eigenvalue weighted by Gasteiger charge is -2.29. The smallest absolute Gasteiger partial charge is 0.411 e. The number of nitriles is 1. The largest absolute Gasteiger partial charge is 0.447 e. The summed E-state index contributed by atoms with van der Waals surface area (Å²) in [5.41, 5.74) is 3.06. The van der Waals surface area contributed by atoms with E-state index in [0.717, 1.165) is 36.2 Å². The molecule has 1 saturated carbocycles. The highest BCUT2D eigenvalue weighted by molar-refractivity contribution is 5.84. The number of nitrogens with zero attached hydrogens (tertiary/aromatic N) is 2. The first-order valence-electron chi connectivity index (χ1n) is 10.7. The van der Waals surface area contributed by atoms with Crippen LogP contribution in [0.1, 0.15) is 49.8 Å². The highest BCUT2D eigenvalue weighted by atomic mass is 19.3. The molecule has 0 aromatic heterocycles. The van der Waals surface area contributed by atoms with Gasteiger partial charge in [0, 0.05) is 24.0 Å². The first kappa shape index (κ1) is 21.9. The molecule has 2 atom stereocenters. The van der Waals surface area contributed by atoms with Crippen LogP contribution in [0.4, 0.5) is 25.0 Å². The summed E-state index contributed by atoms with van der Waals surface area (Å²) in [4.78, 5) is 14.0. The number of rotatable bonds is 7. The van der Waals surface area contributed by atoms with E-state index in [-0.39, 0.29) is 17.9 Å². The molecule has 4 rings (SSSR count). The summed E-state index contributed by atoms with van der Waals surface area (Å²) >= 11 is 0. The monoisotopic (exact) mass is 441 g/mol. The third kappa shape index (κ3) is 4.77. The molecule has 0 bridgehead atoms. The number of benzene rings is 2. The van der Waals surface area contributed by atoms with Crippen molar-refractivity contribution in [3.05, 3.63) is 53.6 Å². The molecule has 1 heterocycles. The van der Waals surface area contributed by atoms with E-state index in [4.69, 9.17) is 4.74 Å². The molecule has 0 spiro atoms. The molecular weight excluding hydrogens is 416 g/mol. The molecule has 2 aliphatic rings. The molecule has 2 aromatic carbocycles. The lowest BCUT2D eigenvalue weighted by atomic mass is 9.91. The lowest BCUT2D eigenvalue weighted by Crippen LogP contribution is -2.28. The lowest BCUT2D eigenvalue weighted by molar-refractivity contribution is -0.0498. The number of carbonyl (C=O) groups is 1. The Kier molecular flexibility index (Phi) is 6.17. The highest BCUT2D eigenvalue weighted by Crippen LogP contribution is 2.51. The average Bonchev–Trinajstić information content (AvgIpc) is 3.49. The number of ether oxygens (including phenoxy) is 2. The molecule has 1 fully saturated rings. The summed E-state index contributed by atoms with van der Waals surface area (Å²) in [6.07, 6.45) is 1.48. The first-order chi connectivity index (χ1) is 15.4. The summed E-state index contributed by atoms with van der Waals surface area (Å²) in [7, 11) is 0. The minimum absolute atomic E-state index is 0.0834. The fourth-order valence-electron chi connectivity index (χ4n) is 4.14. The van der Waals surface area contributed by atoms with Crippen LogP contribution in [0.3, 0.4) is 0 Å². The maximum atomic E-state index is 12.7. The second-order valence-electron chi connectivity index (χ2n) is 8.45. The highest BCUT2D eigenvalue weighted by Gasteiger charge is 2.42. The van der Waals surface area contributed by atoms with E-state index in [0.29, 0.717) is 11.6 Å². The first-order valence-corrected chi connectivity index (χ1v) is 10.7. The molecule has 2 unspecified atom stereocenters. The zero-order valence-corrected chi connectivity index (χ0v) is 17.9. The molecule has 6 nitrogen and oxygen atoms in total. The van der Waals surface area contributed by atoms with E-state index < -0.39 is 18.6 Å². The van der Waals surface area contributed by atoms with E-state index in [9.17, 15) is 18.8 Å². The zero-order chi connectivity index (χ0) is 22.8. The third-order valence-corrected chi connectivity index (χ3v) is 5.66. The number of anilines is 2. The van der Waals surface area contributed by atoms with Crippen LogP contribution in [0, 0.1) is 17.2 Å². The Bertz CT molecular complexity index is 1020. The number of nitrogens with one attached hydrogen (secondary N) is 1. The summed E-state index contributed by atoms with van der Waals surface area (Å²) in [6, 6.07) is 14.2. The van der Waals surface area contributed by atoms with Crippen LogP contribution in [-0.2, 0) is 4.74 Å². The van der Waals surface area contributed by atoms with Crippen LogP contribution in [0.15, 0.2) is 42.5 Å². The molecule has 1 N–H and O–H groups in total. The van der Waals surface area contributed by atoms with Crippen molar-refractivity contribution in [2.75, 3.05) is 16.8 Å². The molecule has 8 heteroatoms. The molecule has 0 radical (unpaired) electrons. The van der Waals surface area contributed by atoms with Crippen molar-refractivity contribution < 1.29 is 23.0 Å². The maximum Gasteiger partial charge on any atom is 0.411 e. The van der Waals surface area contributed by atoms with Crippen LogP contribution in [0.2, 0.25) is 0 Å². The van der Waals surface area contributed by atoms with Gasteiger partial charge in [0.2, 0.25) is 0 Å². The standard InChI is InChI=1S/C24H25F2N3O3/c1-14(2)31-24(30)28-17-7-5-16(6-8-17)22-20(12-27)19-10-9-18(32-23(25)26)11-21(19)29(22)13-15-3-4-15/h5-11,14-15,20,22-23H,3-4,13H2,1-2H3,(H,28,30). The Labute approximate surface area is 185 Å². The van der Waals surface area contributed by atoms with E-state index in [1.54, 1.807) is 38.1 Å². The van der Waals surface area contributed by atoms with Gasteiger partial charge in [-0.15, -0.1) is 0 Å². The minimum Gasteiger partial charge on any atom is -0.447 e. The molecular formula is C24H25F2N3O3. The van der Waals surface area contributed by atoms with Gasteiger partial charge >= 0.3 is 12.7 Å². The number of alkyl halides is 2. The maximum absolute atomic E-state index is 12.7. The van der Waals surface area contributed by atoms with Crippen molar-refractivity contribution in [3.8, 4) is 11.8 Å². The van der Waals surface area contributed by atoms with Crippen molar-refractivity contribution >= 4 is 17.5 Å². The zero-order valence-electron chi connectivity index (χ0n) is 17.9. The summed E-state index contributed by atoms with van der Waals surface area (Å²) in [6.45, 7) is 1.38. The van der Waals surface area contributed by atoms with Gasteiger partial charge in [-0.05, 0) is 61.9 Å². The van der Waals surface area contributed by atoms with Crippen molar-refractivity contribution in [1.82, 2.24) is 0 Å². The molecule has 0 saturated heterocycles. The predicted molar refractivity (Wildman–Crippen MR) is 116 cm³/mol. The van der Waals surface area contributed by atoms with E-state index in [1.807, 2.05) is 12.1 Å². The average molecular weight is 441 g/mol. The van der Waals surface area contributed by atoms with Gasteiger partial charge in [0.25, 0.3) is 0 Å². The molecule has 1 aliphatic heterocycles. The van der Waals surface area contributed by atoms with E-state index >= 15 is 0 Å². The van der Waals surface area contributed by atoms with Crippen molar-refractivity contribution in [3.63, 3.8) is 0 Å². The molecule has 168 valence electrons. The Hall–Kier alpha value is -3.34. The van der Waals surface area contributed by atoms with Gasteiger partial charge in [-0.2, -0.15) is 14.0 Å². The Morgan fingerprint density at radius 1 is 1.22 bits per heavy atom. The Morgan fingerprint density at radius 3 is 2.53 bits per heavy atom. The van der Waals surface area contributed by atoms with Crippen LogP contribution >= 0.6 is 0 Å². The molecule has 1 amide bonds. The van der Waals surface area contributed by atoms with Crippen LogP contribution in [0.25, 0.3) is 0 Å². The van der Waals surface area contributed by atoms with E-state index in [2.05, 4.69) is 21.0 Å². The van der Waals surface area contributed by atoms with Gasteiger partial charge in [0.1, 0.15) is 5.75 Å². The predicted octanol–water partition coefficient (Wildman–Crippen LogP) is 5.82. The number of hydrogen-bond donors (Lipinski definition) is 1. The fourth-order valence-corrected chi connectivity index (χ4v) is 4.14. The van der Waals surface area contributed by atoms with Crippen LogP contribution < -0.4 is 15.0 Å². The number of fused-ring (bicyclic) bond motifs is 1. The fraction of sp³-hybridized carbons (Fsp3) is 0.417. The Balaban J connectivity index is 1.62. The Morgan fingerprint density at radius 2 is 1.94 bits per heavy atom. The topological polar surface area (TPSA) is 74.6 Å². The number of hydrogen-bond acceptors (Lipinski definition) is 5. The van der Waals surface area contributed by atoms with Gasteiger partial charge in [-0.3, -0.25) is 5.32 Å². The van der Waals surface area contributed by atoms with Gasteiger partial charge < -0.3 is 14.4 Å². The van der Waals surface area contributed by atoms with Gasteiger partial charge in [0.05, 0.1) is 24.1 Å². The summed E-state index contributed by atoms with van der Waals surface area (Å²) in [5.74, 6) is 0.156.